The Morgan fingerprint density at radius 2 is 0.909 bits per heavy atom. The van der Waals surface area contributed by atoms with Gasteiger partial charge in [-0.25, -0.2) is 0 Å². The minimum atomic E-state index is 1.29. The second kappa shape index (κ2) is 7.61. The molecule has 3 aromatic rings. The van der Waals surface area contributed by atoms with E-state index in [9.17, 15) is 0 Å². The van der Waals surface area contributed by atoms with Gasteiger partial charge >= 0.3 is 0 Å². The van der Waals surface area contributed by atoms with Crippen molar-refractivity contribution in [3.8, 4) is 11.1 Å². The Kier molecular flexibility index (Phi) is 5.55. The van der Waals surface area contributed by atoms with Gasteiger partial charge in [0, 0.05) is 0 Å². The van der Waals surface area contributed by atoms with E-state index in [1.54, 1.807) is 0 Å². The number of aryl methyl sites for hydroxylation is 4. The van der Waals surface area contributed by atoms with Crippen molar-refractivity contribution >= 4 is 0 Å². The number of rotatable bonds is 1. The van der Waals surface area contributed by atoms with E-state index in [1.807, 2.05) is 0 Å². The Bertz CT molecular complexity index is 704. The van der Waals surface area contributed by atoms with Crippen LogP contribution in [0.25, 0.3) is 11.1 Å². The summed E-state index contributed by atoms with van der Waals surface area (Å²) in [5.41, 5.74) is 7.88. The molecule has 3 rings (SSSR count). The molecule has 0 saturated heterocycles. The third-order valence-electron chi connectivity index (χ3n) is 3.58. The van der Waals surface area contributed by atoms with Crippen LogP contribution in [-0.4, -0.2) is 0 Å². The van der Waals surface area contributed by atoms with Crippen LogP contribution < -0.4 is 0 Å². The van der Waals surface area contributed by atoms with Gasteiger partial charge in [0.25, 0.3) is 0 Å². The van der Waals surface area contributed by atoms with E-state index in [0.717, 1.165) is 0 Å². The molecule has 0 aliphatic carbocycles. The molecule has 0 amide bonds. The number of benzene rings is 3. The van der Waals surface area contributed by atoms with Crippen LogP contribution in [0.5, 0.6) is 0 Å². The topological polar surface area (TPSA) is 0 Å². The highest BCUT2D eigenvalue weighted by atomic mass is 14.0. The first-order chi connectivity index (χ1) is 10.5. The molecule has 0 heteroatoms. The Morgan fingerprint density at radius 1 is 0.409 bits per heavy atom. The molecule has 0 N–H and O–H groups in total. The average molecular weight is 288 g/mol. The van der Waals surface area contributed by atoms with Gasteiger partial charge in [0.1, 0.15) is 0 Å². The van der Waals surface area contributed by atoms with Gasteiger partial charge in [-0.15, -0.1) is 0 Å². The monoisotopic (exact) mass is 288 g/mol. The van der Waals surface area contributed by atoms with E-state index >= 15 is 0 Å². The summed E-state index contributed by atoms with van der Waals surface area (Å²) in [4.78, 5) is 0. The first-order valence-electron chi connectivity index (χ1n) is 7.71. The van der Waals surface area contributed by atoms with E-state index in [0.29, 0.717) is 0 Å². The minimum Gasteiger partial charge on any atom is -0.0617 e. The zero-order chi connectivity index (χ0) is 15.9. The first kappa shape index (κ1) is 16.0. The normalized spacial score (nSPS) is 9.82. The molecule has 0 radical (unpaired) electrons. The summed E-state index contributed by atoms with van der Waals surface area (Å²) in [5.74, 6) is 0. The SMILES string of the molecule is Cc1ccc(-c2cccc(C)c2)cc1.Cc1cccc(C)c1. The van der Waals surface area contributed by atoms with Crippen LogP contribution >= 0.6 is 0 Å². The Morgan fingerprint density at radius 3 is 1.36 bits per heavy atom. The van der Waals surface area contributed by atoms with E-state index < -0.39 is 0 Å². The maximum atomic E-state index is 2.21. The van der Waals surface area contributed by atoms with E-state index in [4.69, 9.17) is 0 Å². The third-order valence-corrected chi connectivity index (χ3v) is 3.58. The highest BCUT2D eigenvalue weighted by Gasteiger charge is 1.96. The van der Waals surface area contributed by atoms with Gasteiger partial charge in [0.2, 0.25) is 0 Å². The molecule has 112 valence electrons. The molecule has 0 unspecified atom stereocenters. The van der Waals surface area contributed by atoms with E-state index in [2.05, 4.69) is 100 Å². The summed E-state index contributed by atoms with van der Waals surface area (Å²) in [6, 6.07) is 25.7. The molecule has 0 nitrogen and oxygen atoms in total. The molecule has 0 fully saturated rings. The Hall–Kier alpha value is -2.34. The summed E-state index contributed by atoms with van der Waals surface area (Å²) in [7, 11) is 0. The molecule has 0 bridgehead atoms. The zero-order valence-electron chi connectivity index (χ0n) is 13.9. The van der Waals surface area contributed by atoms with Crippen LogP contribution in [-0.2, 0) is 0 Å². The Labute approximate surface area is 134 Å². The maximum absolute atomic E-state index is 2.21. The molecule has 0 aliphatic heterocycles. The van der Waals surface area contributed by atoms with Crippen LogP contribution in [0.4, 0.5) is 0 Å². The van der Waals surface area contributed by atoms with Crippen molar-refractivity contribution in [2.75, 3.05) is 0 Å². The third kappa shape index (κ3) is 4.89. The van der Waals surface area contributed by atoms with Crippen LogP contribution in [0.1, 0.15) is 22.3 Å². The minimum absolute atomic E-state index is 1.29. The van der Waals surface area contributed by atoms with Gasteiger partial charge in [0.15, 0.2) is 0 Å². The average Bonchev–Trinajstić information content (AvgIpc) is 2.48. The molecule has 0 aliphatic rings. The van der Waals surface area contributed by atoms with Gasteiger partial charge in [-0.05, 0) is 38.8 Å². The standard InChI is InChI=1S/C14H14.C8H10/c1-11-6-8-13(9-7-11)14-5-3-4-12(2)10-14;1-7-4-3-5-8(2)6-7/h3-10H,1-2H3;3-6H,1-2H3. The first-order valence-corrected chi connectivity index (χ1v) is 7.71. The van der Waals surface area contributed by atoms with Gasteiger partial charge in [-0.1, -0.05) is 95.1 Å². The van der Waals surface area contributed by atoms with Crippen molar-refractivity contribution in [2.24, 2.45) is 0 Å². The molecular weight excluding hydrogens is 264 g/mol. The summed E-state index contributed by atoms with van der Waals surface area (Å²) < 4.78 is 0. The van der Waals surface area contributed by atoms with Gasteiger partial charge in [-0.2, -0.15) is 0 Å². The lowest BCUT2D eigenvalue weighted by atomic mass is 10.0. The maximum Gasteiger partial charge on any atom is -0.0181 e. The molecule has 0 aromatic heterocycles. The van der Waals surface area contributed by atoms with E-state index in [-0.39, 0.29) is 0 Å². The smallest absolute Gasteiger partial charge is 0.0181 e. The van der Waals surface area contributed by atoms with Crippen LogP contribution in [0, 0.1) is 27.7 Å². The second-order valence-electron chi connectivity index (χ2n) is 5.89. The summed E-state index contributed by atoms with van der Waals surface area (Å²) >= 11 is 0. The lowest BCUT2D eigenvalue weighted by Gasteiger charge is -2.02. The molecule has 0 saturated carbocycles. The van der Waals surface area contributed by atoms with Gasteiger partial charge in [-0.3, -0.25) is 0 Å². The van der Waals surface area contributed by atoms with Crippen molar-refractivity contribution < 1.29 is 0 Å². The Balaban J connectivity index is 0.000000188. The molecule has 0 atom stereocenters. The number of hydrogen-bond acceptors (Lipinski definition) is 0. The van der Waals surface area contributed by atoms with E-state index in [1.165, 1.54) is 33.4 Å². The van der Waals surface area contributed by atoms with Crippen LogP contribution in [0.2, 0.25) is 0 Å². The predicted molar refractivity (Wildman–Crippen MR) is 97.3 cm³/mol. The highest BCUT2D eigenvalue weighted by molar-refractivity contribution is 5.64. The fourth-order valence-corrected chi connectivity index (χ4v) is 2.38. The quantitative estimate of drug-likeness (QED) is 0.494. The lowest BCUT2D eigenvalue weighted by molar-refractivity contribution is 1.39. The molecule has 3 aromatic carbocycles. The summed E-state index contributed by atoms with van der Waals surface area (Å²) in [6.45, 7) is 8.44. The van der Waals surface area contributed by atoms with Crippen molar-refractivity contribution in [3.63, 3.8) is 0 Å². The van der Waals surface area contributed by atoms with Crippen molar-refractivity contribution in [2.45, 2.75) is 27.7 Å². The van der Waals surface area contributed by atoms with Gasteiger partial charge in [0.05, 0.1) is 0 Å². The van der Waals surface area contributed by atoms with Crippen LogP contribution in [0.15, 0.2) is 72.8 Å². The molecule has 0 spiro atoms. The summed E-state index contributed by atoms with van der Waals surface area (Å²) in [5, 5.41) is 0. The summed E-state index contributed by atoms with van der Waals surface area (Å²) in [6.07, 6.45) is 0. The molecule has 0 heterocycles. The predicted octanol–water partition coefficient (Wildman–Crippen LogP) is 6.27. The molecular formula is C22H24. The molecule has 22 heavy (non-hydrogen) atoms. The van der Waals surface area contributed by atoms with Gasteiger partial charge < -0.3 is 0 Å². The van der Waals surface area contributed by atoms with Crippen molar-refractivity contribution in [1.82, 2.24) is 0 Å². The van der Waals surface area contributed by atoms with Crippen molar-refractivity contribution in [3.05, 3.63) is 95.1 Å². The number of hydrogen-bond donors (Lipinski definition) is 0. The van der Waals surface area contributed by atoms with Crippen molar-refractivity contribution in [1.29, 1.82) is 0 Å². The lowest BCUT2D eigenvalue weighted by Crippen LogP contribution is -1.79. The highest BCUT2D eigenvalue weighted by Crippen LogP contribution is 2.20. The van der Waals surface area contributed by atoms with Crippen LogP contribution in [0.3, 0.4) is 0 Å². The fourth-order valence-electron chi connectivity index (χ4n) is 2.38. The second-order valence-corrected chi connectivity index (χ2v) is 5.89. The largest absolute Gasteiger partial charge is 0.0617 e. The fraction of sp³-hybridized carbons (Fsp3) is 0.182. The zero-order valence-corrected chi connectivity index (χ0v) is 13.9.